The molecule has 0 aliphatic rings. The van der Waals surface area contributed by atoms with Gasteiger partial charge in [-0.25, -0.2) is 8.42 Å². The number of hydrogen-bond acceptors (Lipinski definition) is 5. The zero-order chi connectivity index (χ0) is 13.9. The third kappa shape index (κ3) is 3.05. The molecule has 0 aliphatic heterocycles. The molecule has 0 aromatic carbocycles. The van der Waals surface area contributed by atoms with E-state index in [-0.39, 0.29) is 16.7 Å². The van der Waals surface area contributed by atoms with Crippen LogP contribution in [0.25, 0.3) is 0 Å². The summed E-state index contributed by atoms with van der Waals surface area (Å²) in [5, 5.41) is 3.32. The number of carbonyl (C=O) groups excluding carboxylic acids is 1. The van der Waals surface area contributed by atoms with E-state index in [0.717, 1.165) is 11.3 Å². The molecule has 1 N–H and O–H groups in total. The summed E-state index contributed by atoms with van der Waals surface area (Å²) in [4.78, 5) is 11.0. The number of furan rings is 1. The van der Waals surface area contributed by atoms with Gasteiger partial charge >= 0.3 is 0 Å². The van der Waals surface area contributed by atoms with Crippen molar-refractivity contribution in [2.75, 3.05) is 6.54 Å². The maximum atomic E-state index is 12.5. The van der Waals surface area contributed by atoms with E-state index in [1.54, 1.807) is 29.6 Å². The highest BCUT2D eigenvalue weighted by atomic mass is 32.2. The molecule has 2 aromatic rings. The van der Waals surface area contributed by atoms with Gasteiger partial charge in [0, 0.05) is 13.5 Å². The second kappa shape index (κ2) is 5.58. The fourth-order valence-electron chi connectivity index (χ4n) is 1.64. The molecule has 0 bridgehead atoms. The first-order chi connectivity index (χ1) is 9.01. The van der Waals surface area contributed by atoms with Crippen LogP contribution in [0.2, 0.25) is 0 Å². The van der Waals surface area contributed by atoms with Crippen molar-refractivity contribution < 1.29 is 17.6 Å². The first-order valence-corrected chi connectivity index (χ1v) is 7.99. The summed E-state index contributed by atoms with van der Waals surface area (Å²) in [6, 6.07) is 6.44. The lowest BCUT2D eigenvalue weighted by Gasteiger charge is -2.14. The quantitative estimate of drug-likeness (QED) is 0.916. The van der Waals surface area contributed by atoms with Crippen LogP contribution < -0.4 is 5.32 Å². The molecule has 0 aliphatic carbocycles. The summed E-state index contributed by atoms with van der Waals surface area (Å²) in [6.07, 6.45) is 1.42. The third-order valence-electron chi connectivity index (χ3n) is 2.55. The minimum Gasteiger partial charge on any atom is -0.468 e. The average molecular weight is 299 g/mol. The van der Waals surface area contributed by atoms with Gasteiger partial charge in [0.2, 0.25) is 5.91 Å². The Hall–Kier alpha value is -1.60. The predicted molar refractivity (Wildman–Crippen MR) is 71.6 cm³/mol. The van der Waals surface area contributed by atoms with Crippen molar-refractivity contribution in [2.24, 2.45) is 0 Å². The van der Waals surface area contributed by atoms with Crippen LogP contribution in [-0.2, 0) is 14.6 Å². The van der Waals surface area contributed by atoms with Gasteiger partial charge in [-0.05, 0) is 23.6 Å². The molecule has 0 saturated heterocycles. The van der Waals surface area contributed by atoms with Gasteiger partial charge in [-0.15, -0.1) is 11.3 Å². The van der Waals surface area contributed by atoms with Crippen molar-refractivity contribution in [3.63, 3.8) is 0 Å². The molecular formula is C12H13NO4S2. The summed E-state index contributed by atoms with van der Waals surface area (Å²) in [6.45, 7) is 1.33. The zero-order valence-electron chi connectivity index (χ0n) is 10.2. The van der Waals surface area contributed by atoms with E-state index in [0.29, 0.717) is 5.76 Å². The molecule has 0 saturated carbocycles. The average Bonchev–Trinajstić information content (AvgIpc) is 3.02. The summed E-state index contributed by atoms with van der Waals surface area (Å²) in [5.74, 6) is 0.0417. The third-order valence-corrected chi connectivity index (χ3v) is 6.04. The van der Waals surface area contributed by atoms with Crippen LogP contribution in [-0.4, -0.2) is 20.9 Å². The fourth-order valence-corrected chi connectivity index (χ4v) is 4.43. The normalized spacial score (nSPS) is 13.1. The van der Waals surface area contributed by atoms with E-state index < -0.39 is 15.1 Å². The number of hydrogen-bond donors (Lipinski definition) is 1. The van der Waals surface area contributed by atoms with E-state index in [1.807, 2.05) is 0 Å². The molecule has 1 atom stereocenters. The monoisotopic (exact) mass is 299 g/mol. The summed E-state index contributed by atoms with van der Waals surface area (Å²) in [5.41, 5.74) is 0. The molecule has 7 heteroatoms. The predicted octanol–water partition coefficient (Wildman–Crippen LogP) is 1.99. The highest BCUT2D eigenvalue weighted by Gasteiger charge is 2.32. The largest absolute Gasteiger partial charge is 0.468 e. The van der Waals surface area contributed by atoms with Gasteiger partial charge in [0.15, 0.2) is 9.84 Å². The molecule has 0 radical (unpaired) electrons. The highest BCUT2D eigenvalue weighted by molar-refractivity contribution is 7.93. The van der Waals surface area contributed by atoms with Crippen LogP contribution in [0.4, 0.5) is 0 Å². The summed E-state index contributed by atoms with van der Waals surface area (Å²) in [7, 11) is -3.57. The smallest absolute Gasteiger partial charge is 0.216 e. The number of sulfone groups is 1. The van der Waals surface area contributed by atoms with E-state index in [4.69, 9.17) is 4.42 Å². The number of carbonyl (C=O) groups is 1. The highest BCUT2D eigenvalue weighted by Crippen LogP contribution is 2.31. The Morgan fingerprint density at radius 3 is 2.74 bits per heavy atom. The Bertz CT molecular complexity index is 629. The lowest BCUT2D eigenvalue weighted by Crippen LogP contribution is -2.29. The summed E-state index contributed by atoms with van der Waals surface area (Å²) >= 11 is 1.15. The topological polar surface area (TPSA) is 76.4 Å². The van der Waals surface area contributed by atoms with Crippen LogP contribution in [0.1, 0.15) is 17.9 Å². The molecule has 5 nitrogen and oxygen atoms in total. The van der Waals surface area contributed by atoms with Crippen LogP contribution >= 0.6 is 11.3 Å². The van der Waals surface area contributed by atoms with Crippen molar-refractivity contribution in [1.82, 2.24) is 5.32 Å². The lowest BCUT2D eigenvalue weighted by atomic mass is 10.3. The minimum absolute atomic E-state index is 0.0108. The number of thiophene rings is 1. The Kier molecular flexibility index (Phi) is 4.06. The van der Waals surface area contributed by atoms with Crippen LogP contribution in [0.5, 0.6) is 0 Å². The first kappa shape index (κ1) is 13.8. The van der Waals surface area contributed by atoms with Crippen LogP contribution in [0, 0.1) is 0 Å². The van der Waals surface area contributed by atoms with Crippen LogP contribution in [0.15, 0.2) is 44.5 Å². The van der Waals surface area contributed by atoms with Crippen molar-refractivity contribution >= 4 is 27.1 Å². The fraction of sp³-hybridized carbons (Fsp3) is 0.250. The molecule has 102 valence electrons. The Morgan fingerprint density at radius 2 is 2.21 bits per heavy atom. The molecule has 0 spiro atoms. The molecule has 2 heterocycles. The van der Waals surface area contributed by atoms with E-state index in [9.17, 15) is 13.2 Å². The van der Waals surface area contributed by atoms with Gasteiger partial charge < -0.3 is 9.73 Å². The molecule has 0 unspecified atom stereocenters. The summed E-state index contributed by atoms with van der Waals surface area (Å²) < 4.78 is 30.5. The maximum absolute atomic E-state index is 12.5. The minimum atomic E-state index is -3.57. The Balaban J connectivity index is 2.35. The van der Waals surface area contributed by atoms with Gasteiger partial charge in [-0.1, -0.05) is 6.07 Å². The zero-order valence-corrected chi connectivity index (χ0v) is 11.8. The molecule has 0 fully saturated rings. The molecule has 2 aromatic heterocycles. The molecule has 19 heavy (non-hydrogen) atoms. The van der Waals surface area contributed by atoms with Crippen molar-refractivity contribution in [3.05, 3.63) is 41.7 Å². The number of rotatable bonds is 5. The Morgan fingerprint density at radius 1 is 1.42 bits per heavy atom. The second-order valence-corrected chi connectivity index (χ2v) is 7.22. The van der Waals surface area contributed by atoms with Gasteiger partial charge in [0.1, 0.15) is 15.2 Å². The van der Waals surface area contributed by atoms with Gasteiger partial charge in [0.25, 0.3) is 0 Å². The lowest BCUT2D eigenvalue weighted by molar-refractivity contribution is -0.118. The number of nitrogens with one attached hydrogen (secondary N) is 1. The van der Waals surface area contributed by atoms with Gasteiger partial charge in [0.05, 0.1) is 6.26 Å². The first-order valence-electron chi connectivity index (χ1n) is 5.57. The molecular weight excluding hydrogens is 286 g/mol. The SMILES string of the molecule is CC(=O)NC[C@@H](c1ccco1)S(=O)(=O)c1cccs1. The molecule has 2 rings (SSSR count). The Labute approximate surface area is 115 Å². The van der Waals surface area contributed by atoms with E-state index in [2.05, 4.69) is 5.32 Å². The second-order valence-electron chi connectivity index (χ2n) is 3.92. The van der Waals surface area contributed by atoms with Crippen molar-refractivity contribution in [2.45, 2.75) is 16.4 Å². The van der Waals surface area contributed by atoms with E-state index >= 15 is 0 Å². The van der Waals surface area contributed by atoms with Gasteiger partial charge in [-0.3, -0.25) is 4.79 Å². The number of amides is 1. The van der Waals surface area contributed by atoms with Crippen molar-refractivity contribution in [1.29, 1.82) is 0 Å². The van der Waals surface area contributed by atoms with Crippen LogP contribution in [0.3, 0.4) is 0 Å². The standard InChI is InChI=1S/C12H13NO4S2/c1-9(14)13-8-11(10-4-2-6-17-10)19(15,16)12-5-3-7-18-12/h2-7,11H,8H2,1H3,(H,13,14)/t11-/m0/s1. The van der Waals surface area contributed by atoms with E-state index in [1.165, 1.54) is 13.2 Å². The van der Waals surface area contributed by atoms with Crippen molar-refractivity contribution in [3.8, 4) is 0 Å². The van der Waals surface area contributed by atoms with Gasteiger partial charge in [-0.2, -0.15) is 0 Å². The molecule has 1 amide bonds. The maximum Gasteiger partial charge on any atom is 0.216 e.